The van der Waals surface area contributed by atoms with Crippen LogP contribution in [0, 0.1) is 0 Å². The average Bonchev–Trinajstić information content (AvgIpc) is 3.25. The number of nitrogens with one attached hydrogen (secondary N) is 1. The number of methoxy groups -OCH3 is 1. The van der Waals surface area contributed by atoms with Gasteiger partial charge in [0, 0.05) is 17.6 Å². The lowest BCUT2D eigenvalue weighted by molar-refractivity contribution is -0.122. The van der Waals surface area contributed by atoms with Gasteiger partial charge >= 0.3 is 5.97 Å². The van der Waals surface area contributed by atoms with Gasteiger partial charge in [0.1, 0.15) is 11.3 Å². The number of carbonyl (C=O) groups is 3. The summed E-state index contributed by atoms with van der Waals surface area (Å²) < 4.78 is 7.01. The van der Waals surface area contributed by atoms with E-state index in [4.69, 9.17) is 22.1 Å². The molecule has 2 amide bonds. The Hall–Kier alpha value is -4.24. The Morgan fingerprint density at radius 3 is 2.31 bits per heavy atom. The Labute approximate surface area is 188 Å². The average molecular weight is 447 g/mol. The maximum absolute atomic E-state index is 13.2. The fourth-order valence-electron chi connectivity index (χ4n) is 3.28. The number of aromatic carboxylic acids is 1. The molecule has 32 heavy (non-hydrogen) atoms. The number of carboxylic acids is 1. The predicted octanol–water partition coefficient (Wildman–Crippen LogP) is 3.02. The van der Waals surface area contributed by atoms with Crippen molar-refractivity contribution < 1.29 is 24.2 Å². The van der Waals surface area contributed by atoms with Crippen LogP contribution < -0.4 is 15.0 Å². The van der Waals surface area contributed by atoms with E-state index in [0.717, 1.165) is 10.6 Å². The highest BCUT2D eigenvalue weighted by Crippen LogP contribution is 2.24. The van der Waals surface area contributed by atoms with Gasteiger partial charge in [0.2, 0.25) is 0 Å². The van der Waals surface area contributed by atoms with Crippen LogP contribution in [-0.2, 0) is 9.59 Å². The third-order valence-electron chi connectivity index (χ3n) is 4.90. The van der Waals surface area contributed by atoms with E-state index in [-0.39, 0.29) is 16.2 Å². The maximum atomic E-state index is 13.2. The number of aromatic nitrogens is 1. The molecule has 8 nitrogen and oxygen atoms in total. The maximum Gasteiger partial charge on any atom is 0.335 e. The molecule has 1 aromatic heterocycles. The summed E-state index contributed by atoms with van der Waals surface area (Å²) >= 11 is 5.19. The lowest BCUT2D eigenvalue weighted by atomic mass is 10.1. The van der Waals surface area contributed by atoms with Crippen molar-refractivity contribution in [1.82, 2.24) is 9.88 Å². The molecule has 0 unspecified atom stereocenters. The third-order valence-corrected chi connectivity index (χ3v) is 5.18. The Balaban J connectivity index is 1.70. The zero-order valence-corrected chi connectivity index (χ0v) is 17.6. The molecule has 160 valence electrons. The number of benzene rings is 2. The normalized spacial score (nSPS) is 15.1. The number of carboxylic acid groups (broad SMARTS) is 1. The minimum absolute atomic E-state index is 0.0706. The van der Waals surface area contributed by atoms with Gasteiger partial charge in [-0.2, -0.15) is 0 Å². The minimum Gasteiger partial charge on any atom is -0.497 e. The summed E-state index contributed by atoms with van der Waals surface area (Å²) in [6.45, 7) is 0. The molecule has 0 saturated carbocycles. The molecule has 2 aromatic carbocycles. The first-order chi connectivity index (χ1) is 15.4. The quantitative estimate of drug-likeness (QED) is 0.354. The monoisotopic (exact) mass is 447 g/mol. The Morgan fingerprint density at radius 1 is 1.03 bits per heavy atom. The molecule has 1 saturated heterocycles. The Morgan fingerprint density at radius 2 is 1.69 bits per heavy atom. The molecular formula is C23H17N3O5S. The van der Waals surface area contributed by atoms with Crippen molar-refractivity contribution in [3.63, 3.8) is 0 Å². The van der Waals surface area contributed by atoms with E-state index >= 15 is 0 Å². The van der Waals surface area contributed by atoms with Gasteiger partial charge < -0.3 is 14.4 Å². The second-order valence-electron chi connectivity index (χ2n) is 6.81. The highest BCUT2D eigenvalue weighted by molar-refractivity contribution is 7.80. The third kappa shape index (κ3) is 3.88. The molecule has 2 heterocycles. The molecule has 0 bridgehead atoms. The van der Waals surface area contributed by atoms with Gasteiger partial charge in [-0.05, 0) is 79.0 Å². The first kappa shape index (κ1) is 21.0. The van der Waals surface area contributed by atoms with Gasteiger partial charge in [-0.3, -0.25) is 19.8 Å². The molecule has 1 aliphatic heterocycles. The highest BCUT2D eigenvalue weighted by atomic mass is 32.1. The first-order valence-electron chi connectivity index (χ1n) is 9.45. The van der Waals surface area contributed by atoms with Crippen molar-refractivity contribution >= 4 is 46.9 Å². The number of nitrogens with zero attached hydrogens (tertiary/aromatic N) is 2. The molecular weight excluding hydrogens is 430 g/mol. The molecule has 2 N–H and O–H groups in total. The van der Waals surface area contributed by atoms with E-state index in [1.807, 2.05) is 35.0 Å². The second kappa shape index (κ2) is 8.48. The van der Waals surface area contributed by atoms with Crippen LogP contribution in [0.1, 0.15) is 16.1 Å². The standard InChI is InChI=1S/C23H17N3O5S/c1-31-18-10-8-15(9-11-18)25-12-2-3-17(25)13-19-20(27)24-23(32)26(21(19)28)16-6-4-14(5-7-16)22(29)30/h2-13H,1H3,(H,29,30)(H,24,27,32)/b19-13+. The van der Waals surface area contributed by atoms with Gasteiger partial charge in [0.05, 0.1) is 18.4 Å². The molecule has 0 spiro atoms. The van der Waals surface area contributed by atoms with Crippen LogP contribution in [0.4, 0.5) is 5.69 Å². The van der Waals surface area contributed by atoms with Crippen molar-refractivity contribution in [3.8, 4) is 11.4 Å². The number of amides is 2. The zero-order valence-electron chi connectivity index (χ0n) is 16.8. The minimum atomic E-state index is -1.09. The number of thiocarbonyl (C=S) groups is 1. The molecule has 1 aliphatic rings. The van der Waals surface area contributed by atoms with Crippen molar-refractivity contribution in [2.75, 3.05) is 12.0 Å². The lowest BCUT2D eigenvalue weighted by Gasteiger charge is -2.29. The molecule has 9 heteroatoms. The summed E-state index contributed by atoms with van der Waals surface area (Å²) in [6.07, 6.45) is 3.30. The number of rotatable bonds is 5. The van der Waals surface area contributed by atoms with Crippen LogP contribution in [0.3, 0.4) is 0 Å². The van der Waals surface area contributed by atoms with Crippen molar-refractivity contribution in [2.45, 2.75) is 0 Å². The molecule has 0 aliphatic carbocycles. The Bertz CT molecular complexity index is 1260. The lowest BCUT2D eigenvalue weighted by Crippen LogP contribution is -2.54. The fraction of sp³-hybridized carbons (Fsp3) is 0.0435. The number of ether oxygens (including phenoxy) is 1. The van der Waals surface area contributed by atoms with Gasteiger partial charge in [0.25, 0.3) is 11.8 Å². The van der Waals surface area contributed by atoms with Crippen molar-refractivity contribution in [3.05, 3.63) is 83.7 Å². The van der Waals surface area contributed by atoms with E-state index in [2.05, 4.69) is 5.32 Å². The van der Waals surface area contributed by atoms with Crippen LogP contribution in [0.15, 0.2) is 72.4 Å². The second-order valence-corrected chi connectivity index (χ2v) is 7.20. The van der Waals surface area contributed by atoms with E-state index in [9.17, 15) is 14.4 Å². The predicted molar refractivity (Wildman–Crippen MR) is 122 cm³/mol. The fourth-order valence-corrected chi connectivity index (χ4v) is 3.56. The summed E-state index contributed by atoms with van der Waals surface area (Å²) in [5.74, 6) is -1.59. The highest BCUT2D eigenvalue weighted by Gasteiger charge is 2.34. The summed E-state index contributed by atoms with van der Waals surface area (Å²) in [6, 6.07) is 16.6. The SMILES string of the molecule is COc1ccc(-n2cccc2/C=C2\C(=O)NC(=S)N(c3ccc(C(=O)O)cc3)C2=O)cc1. The van der Waals surface area contributed by atoms with E-state index < -0.39 is 17.8 Å². The van der Waals surface area contributed by atoms with E-state index in [1.54, 1.807) is 19.2 Å². The molecule has 3 aromatic rings. The number of carbonyl (C=O) groups excluding carboxylic acids is 2. The van der Waals surface area contributed by atoms with Gasteiger partial charge in [-0.15, -0.1) is 0 Å². The molecule has 4 rings (SSSR count). The Kier molecular flexibility index (Phi) is 5.57. The summed E-state index contributed by atoms with van der Waals surface area (Å²) in [5.41, 5.74) is 1.75. The number of anilines is 1. The van der Waals surface area contributed by atoms with Crippen molar-refractivity contribution in [1.29, 1.82) is 0 Å². The molecule has 0 atom stereocenters. The molecule has 1 fully saturated rings. The van der Waals surface area contributed by atoms with Gasteiger partial charge in [-0.25, -0.2) is 4.79 Å². The summed E-state index contributed by atoms with van der Waals surface area (Å²) in [5, 5.41) is 11.5. The van der Waals surface area contributed by atoms with E-state index in [1.165, 1.54) is 30.3 Å². The van der Waals surface area contributed by atoms with Gasteiger partial charge in [-0.1, -0.05) is 0 Å². The summed E-state index contributed by atoms with van der Waals surface area (Å²) in [4.78, 5) is 38.0. The van der Waals surface area contributed by atoms with Crippen LogP contribution in [0.2, 0.25) is 0 Å². The molecule has 0 radical (unpaired) electrons. The van der Waals surface area contributed by atoms with Crippen LogP contribution in [0.5, 0.6) is 5.75 Å². The topological polar surface area (TPSA) is 101 Å². The van der Waals surface area contributed by atoms with E-state index in [0.29, 0.717) is 17.1 Å². The number of hydrogen-bond donors (Lipinski definition) is 2. The largest absolute Gasteiger partial charge is 0.497 e. The first-order valence-corrected chi connectivity index (χ1v) is 9.86. The van der Waals surface area contributed by atoms with Crippen molar-refractivity contribution in [2.24, 2.45) is 0 Å². The zero-order chi connectivity index (χ0) is 22.8. The van der Waals surface area contributed by atoms with Crippen LogP contribution in [-0.4, -0.2) is 39.7 Å². The smallest absolute Gasteiger partial charge is 0.335 e. The summed E-state index contributed by atoms with van der Waals surface area (Å²) in [7, 11) is 1.58. The number of hydrogen-bond acceptors (Lipinski definition) is 5. The van der Waals surface area contributed by atoms with Gasteiger partial charge in [0.15, 0.2) is 5.11 Å². The van der Waals surface area contributed by atoms with Crippen LogP contribution >= 0.6 is 12.2 Å². The van der Waals surface area contributed by atoms with Crippen LogP contribution in [0.25, 0.3) is 11.8 Å².